The molecule has 6 nitrogen and oxygen atoms in total. The summed E-state index contributed by atoms with van der Waals surface area (Å²) in [7, 11) is 0. The molecule has 28 heavy (non-hydrogen) atoms. The van der Waals surface area contributed by atoms with Crippen molar-refractivity contribution in [2.45, 2.75) is 44.7 Å². The van der Waals surface area contributed by atoms with E-state index in [0.717, 1.165) is 57.2 Å². The minimum atomic E-state index is 0.247. The summed E-state index contributed by atoms with van der Waals surface area (Å²) in [5.74, 6) is 2.88. The number of fused-ring (bicyclic) bond motifs is 2. The van der Waals surface area contributed by atoms with Crippen LogP contribution in [0.1, 0.15) is 37.7 Å². The second-order valence-corrected chi connectivity index (χ2v) is 8.76. The molecule has 6 heteroatoms. The van der Waals surface area contributed by atoms with Gasteiger partial charge in [0.05, 0.1) is 0 Å². The molecule has 4 aliphatic rings. The van der Waals surface area contributed by atoms with E-state index in [1.807, 2.05) is 6.07 Å². The third-order valence-corrected chi connectivity index (χ3v) is 7.07. The number of carbonyl (C=O) groups is 1. The Morgan fingerprint density at radius 3 is 2.68 bits per heavy atom. The number of ether oxygens (including phenoxy) is 2. The van der Waals surface area contributed by atoms with Gasteiger partial charge in [-0.1, -0.05) is 18.9 Å². The van der Waals surface area contributed by atoms with Crippen molar-refractivity contribution in [3.63, 3.8) is 0 Å². The van der Waals surface area contributed by atoms with Crippen LogP contribution in [0.2, 0.25) is 0 Å². The van der Waals surface area contributed by atoms with Crippen molar-refractivity contribution in [1.29, 1.82) is 0 Å². The van der Waals surface area contributed by atoms with Gasteiger partial charge in [0.1, 0.15) is 0 Å². The van der Waals surface area contributed by atoms with Gasteiger partial charge in [0.25, 0.3) is 0 Å². The molecule has 0 aromatic heterocycles. The molecule has 1 aromatic rings. The molecule has 3 aliphatic heterocycles. The minimum absolute atomic E-state index is 0.247. The predicted octanol–water partition coefficient (Wildman–Crippen LogP) is 2.23. The minimum Gasteiger partial charge on any atom is -0.454 e. The van der Waals surface area contributed by atoms with Crippen LogP contribution < -0.4 is 14.8 Å². The first-order chi connectivity index (χ1) is 13.8. The zero-order valence-corrected chi connectivity index (χ0v) is 16.6. The smallest absolute Gasteiger partial charge is 0.231 e. The quantitative estimate of drug-likeness (QED) is 0.842. The zero-order chi connectivity index (χ0) is 18.9. The van der Waals surface area contributed by atoms with E-state index in [1.54, 1.807) is 0 Å². The number of carbonyl (C=O) groups excluding carboxylic acids is 1. The van der Waals surface area contributed by atoms with Gasteiger partial charge in [0.2, 0.25) is 12.7 Å². The van der Waals surface area contributed by atoms with Crippen molar-refractivity contribution in [3.8, 4) is 11.5 Å². The monoisotopic (exact) mass is 385 g/mol. The van der Waals surface area contributed by atoms with Crippen molar-refractivity contribution in [2.75, 3.05) is 39.5 Å². The second-order valence-electron chi connectivity index (χ2n) is 8.76. The van der Waals surface area contributed by atoms with E-state index in [1.165, 1.54) is 31.2 Å². The van der Waals surface area contributed by atoms with Crippen molar-refractivity contribution in [1.82, 2.24) is 15.1 Å². The van der Waals surface area contributed by atoms with Gasteiger partial charge in [0, 0.05) is 44.7 Å². The van der Waals surface area contributed by atoms with Crippen molar-refractivity contribution in [3.05, 3.63) is 23.8 Å². The highest BCUT2D eigenvalue weighted by molar-refractivity contribution is 5.81. The number of piperazine rings is 1. The lowest BCUT2D eigenvalue weighted by molar-refractivity contribution is -0.123. The van der Waals surface area contributed by atoms with Gasteiger partial charge in [-0.05, 0) is 49.4 Å². The SMILES string of the molecule is O=C1NC2CCCCC2C1CCN1CCN(Cc2ccc3c(c2)OCO3)CC1. The summed E-state index contributed by atoms with van der Waals surface area (Å²) in [6.07, 6.45) is 6.02. The Hall–Kier alpha value is -1.79. The molecule has 0 bridgehead atoms. The highest BCUT2D eigenvalue weighted by atomic mass is 16.7. The van der Waals surface area contributed by atoms with Crippen LogP contribution in [0.5, 0.6) is 11.5 Å². The topological polar surface area (TPSA) is 54.0 Å². The first-order valence-corrected chi connectivity index (χ1v) is 10.9. The molecular weight excluding hydrogens is 354 g/mol. The van der Waals surface area contributed by atoms with Crippen LogP contribution in [-0.4, -0.2) is 61.3 Å². The standard InChI is InChI=1S/C22H31N3O3/c26-22-18(17-3-1-2-4-19(17)23-22)7-8-24-9-11-25(12-10-24)14-16-5-6-20-21(13-16)28-15-27-20/h5-6,13,17-19H,1-4,7-12,14-15H2,(H,23,26). The van der Waals surface area contributed by atoms with Crippen molar-refractivity contribution >= 4 is 5.91 Å². The number of nitrogens with one attached hydrogen (secondary N) is 1. The van der Waals surface area contributed by atoms with Gasteiger partial charge in [-0.25, -0.2) is 0 Å². The molecular formula is C22H31N3O3. The number of hydrogen-bond acceptors (Lipinski definition) is 5. The van der Waals surface area contributed by atoms with Crippen molar-refractivity contribution < 1.29 is 14.3 Å². The molecule has 5 rings (SSSR count). The summed E-state index contributed by atoms with van der Waals surface area (Å²) in [5, 5.41) is 3.26. The van der Waals surface area contributed by atoms with Crippen LogP contribution in [0.3, 0.4) is 0 Å². The van der Waals surface area contributed by atoms with Crippen LogP contribution in [-0.2, 0) is 11.3 Å². The molecule has 0 spiro atoms. The summed E-state index contributed by atoms with van der Waals surface area (Å²) in [6.45, 7) is 6.69. The number of amides is 1. The fraction of sp³-hybridized carbons (Fsp3) is 0.682. The molecule has 3 atom stereocenters. The van der Waals surface area contributed by atoms with E-state index in [-0.39, 0.29) is 5.92 Å². The molecule has 3 fully saturated rings. The van der Waals surface area contributed by atoms with Gasteiger partial charge in [-0.3, -0.25) is 9.69 Å². The largest absolute Gasteiger partial charge is 0.454 e. The van der Waals surface area contributed by atoms with Crippen molar-refractivity contribution in [2.24, 2.45) is 11.8 Å². The summed E-state index contributed by atoms with van der Waals surface area (Å²) in [4.78, 5) is 17.4. The van der Waals surface area contributed by atoms with Gasteiger partial charge >= 0.3 is 0 Å². The number of benzene rings is 1. The number of hydrogen-bond donors (Lipinski definition) is 1. The molecule has 1 amide bonds. The first kappa shape index (κ1) is 18.3. The van der Waals surface area contributed by atoms with E-state index < -0.39 is 0 Å². The maximum absolute atomic E-state index is 12.4. The molecule has 1 N–H and O–H groups in total. The van der Waals surface area contributed by atoms with Crippen LogP contribution in [0.4, 0.5) is 0 Å². The van der Waals surface area contributed by atoms with E-state index in [2.05, 4.69) is 27.2 Å². The second kappa shape index (κ2) is 7.91. The van der Waals surface area contributed by atoms with E-state index in [9.17, 15) is 4.79 Å². The fourth-order valence-electron chi connectivity index (χ4n) is 5.44. The van der Waals surface area contributed by atoms with Gasteiger partial charge in [-0.15, -0.1) is 0 Å². The van der Waals surface area contributed by atoms with Gasteiger partial charge < -0.3 is 19.7 Å². The first-order valence-electron chi connectivity index (χ1n) is 10.9. The average molecular weight is 386 g/mol. The van der Waals surface area contributed by atoms with Gasteiger partial charge in [-0.2, -0.15) is 0 Å². The Kier molecular flexibility index (Phi) is 5.16. The Bertz CT molecular complexity index is 717. The number of rotatable bonds is 5. The molecule has 3 heterocycles. The molecule has 0 radical (unpaired) electrons. The lowest BCUT2D eigenvalue weighted by Gasteiger charge is -2.35. The Labute approximate surface area is 167 Å². The number of nitrogens with zero attached hydrogens (tertiary/aromatic N) is 2. The van der Waals surface area contributed by atoms with E-state index in [4.69, 9.17) is 9.47 Å². The van der Waals surface area contributed by atoms with E-state index in [0.29, 0.717) is 24.7 Å². The van der Waals surface area contributed by atoms with Crippen LogP contribution in [0, 0.1) is 11.8 Å². The van der Waals surface area contributed by atoms with E-state index >= 15 is 0 Å². The highest BCUT2D eigenvalue weighted by Gasteiger charge is 2.42. The fourth-order valence-corrected chi connectivity index (χ4v) is 5.44. The molecule has 152 valence electrons. The lowest BCUT2D eigenvalue weighted by atomic mass is 9.78. The molecule has 1 aromatic carbocycles. The molecule has 3 unspecified atom stereocenters. The lowest BCUT2D eigenvalue weighted by Crippen LogP contribution is -2.46. The summed E-state index contributed by atoms with van der Waals surface area (Å²) in [5.41, 5.74) is 1.28. The van der Waals surface area contributed by atoms with Gasteiger partial charge in [0.15, 0.2) is 11.5 Å². The Balaban J connectivity index is 1.08. The Morgan fingerprint density at radius 1 is 1.00 bits per heavy atom. The van der Waals surface area contributed by atoms with Crippen LogP contribution >= 0.6 is 0 Å². The third kappa shape index (κ3) is 3.72. The Morgan fingerprint density at radius 2 is 1.79 bits per heavy atom. The summed E-state index contributed by atoms with van der Waals surface area (Å²) in [6, 6.07) is 6.72. The van der Waals surface area contributed by atoms with Crippen LogP contribution in [0.25, 0.3) is 0 Å². The molecule has 2 saturated heterocycles. The predicted molar refractivity (Wildman–Crippen MR) is 106 cm³/mol. The normalized spacial score (nSPS) is 30.3. The zero-order valence-electron chi connectivity index (χ0n) is 16.6. The maximum Gasteiger partial charge on any atom is 0.231 e. The highest BCUT2D eigenvalue weighted by Crippen LogP contribution is 2.37. The summed E-state index contributed by atoms with van der Waals surface area (Å²) >= 11 is 0. The van der Waals surface area contributed by atoms with Crippen LogP contribution in [0.15, 0.2) is 18.2 Å². The maximum atomic E-state index is 12.4. The third-order valence-electron chi connectivity index (χ3n) is 7.07. The summed E-state index contributed by atoms with van der Waals surface area (Å²) < 4.78 is 10.9. The average Bonchev–Trinajstić information content (AvgIpc) is 3.30. The molecule has 1 saturated carbocycles. The molecule has 1 aliphatic carbocycles.